The normalized spacial score (nSPS) is 11.6. The molecule has 0 aliphatic heterocycles. The zero-order chi connectivity index (χ0) is 14.0. The van der Waals surface area contributed by atoms with E-state index in [0.717, 1.165) is 15.8 Å². The maximum atomic E-state index is 12.9. The van der Waals surface area contributed by atoms with Crippen LogP contribution in [0, 0.1) is 6.92 Å². The average Bonchev–Trinajstić information content (AvgIpc) is 2.72. The molecule has 2 rings (SSSR count). The predicted molar refractivity (Wildman–Crippen MR) is 75.5 cm³/mol. The van der Waals surface area contributed by atoms with Gasteiger partial charge in [-0.05, 0) is 37.3 Å². The van der Waals surface area contributed by atoms with Gasteiger partial charge in [-0.25, -0.2) is 0 Å². The van der Waals surface area contributed by atoms with E-state index in [1.807, 2.05) is 19.1 Å². The standard InChI is InChI=1S/C13H11BrF3NS/c1-8-2-4-10(19-8)7-18-12-5-3-9(14)6-11(12)13(15,16)17/h2-6,18H,7H2,1H3. The average molecular weight is 350 g/mol. The maximum absolute atomic E-state index is 12.9. The molecule has 0 atom stereocenters. The number of nitrogens with one attached hydrogen (secondary N) is 1. The van der Waals surface area contributed by atoms with Gasteiger partial charge >= 0.3 is 6.18 Å². The summed E-state index contributed by atoms with van der Waals surface area (Å²) >= 11 is 4.63. The van der Waals surface area contributed by atoms with E-state index in [1.165, 1.54) is 6.07 Å². The van der Waals surface area contributed by atoms with Crippen LogP contribution in [0.15, 0.2) is 34.8 Å². The minimum atomic E-state index is -4.36. The summed E-state index contributed by atoms with van der Waals surface area (Å²) < 4.78 is 39.1. The largest absolute Gasteiger partial charge is 0.418 e. The molecule has 6 heteroatoms. The Balaban J connectivity index is 2.20. The molecule has 102 valence electrons. The first-order valence-electron chi connectivity index (χ1n) is 5.52. The molecule has 1 N–H and O–H groups in total. The van der Waals surface area contributed by atoms with E-state index in [0.29, 0.717) is 11.0 Å². The summed E-state index contributed by atoms with van der Waals surface area (Å²) in [6, 6.07) is 7.99. The number of rotatable bonds is 3. The molecule has 1 heterocycles. The highest BCUT2D eigenvalue weighted by molar-refractivity contribution is 9.10. The maximum Gasteiger partial charge on any atom is 0.418 e. The molecule has 0 saturated carbocycles. The van der Waals surface area contributed by atoms with Crippen molar-refractivity contribution in [2.75, 3.05) is 5.32 Å². The predicted octanol–water partition coefficient (Wildman–Crippen LogP) is 5.45. The lowest BCUT2D eigenvalue weighted by molar-refractivity contribution is -0.137. The van der Waals surface area contributed by atoms with E-state index in [-0.39, 0.29) is 5.69 Å². The number of thiophene rings is 1. The molecule has 2 aromatic rings. The van der Waals surface area contributed by atoms with Gasteiger partial charge in [-0.2, -0.15) is 13.2 Å². The second-order valence-electron chi connectivity index (χ2n) is 4.05. The van der Waals surface area contributed by atoms with Crippen molar-refractivity contribution in [2.24, 2.45) is 0 Å². The molecule has 1 aromatic carbocycles. The Bertz CT molecular complexity index is 578. The minimum Gasteiger partial charge on any atom is -0.380 e. The Morgan fingerprint density at radius 3 is 2.53 bits per heavy atom. The molecule has 0 saturated heterocycles. The van der Waals surface area contributed by atoms with Crippen molar-refractivity contribution < 1.29 is 13.2 Å². The van der Waals surface area contributed by atoms with Gasteiger partial charge in [-0.1, -0.05) is 15.9 Å². The molecule has 0 radical (unpaired) electrons. The first-order valence-corrected chi connectivity index (χ1v) is 7.13. The molecular weight excluding hydrogens is 339 g/mol. The van der Waals surface area contributed by atoms with Crippen LogP contribution in [-0.4, -0.2) is 0 Å². The van der Waals surface area contributed by atoms with Gasteiger partial charge in [0.05, 0.1) is 5.56 Å². The lowest BCUT2D eigenvalue weighted by atomic mass is 10.1. The van der Waals surface area contributed by atoms with Gasteiger partial charge in [-0.15, -0.1) is 11.3 Å². The van der Waals surface area contributed by atoms with Crippen LogP contribution in [0.1, 0.15) is 15.3 Å². The Morgan fingerprint density at radius 2 is 1.95 bits per heavy atom. The first-order chi connectivity index (χ1) is 8.86. The zero-order valence-corrected chi connectivity index (χ0v) is 12.4. The monoisotopic (exact) mass is 349 g/mol. The van der Waals surface area contributed by atoms with E-state index in [2.05, 4.69) is 21.2 Å². The SMILES string of the molecule is Cc1ccc(CNc2ccc(Br)cc2C(F)(F)F)s1. The lowest BCUT2D eigenvalue weighted by Crippen LogP contribution is -2.10. The Hall–Kier alpha value is -1.01. The topological polar surface area (TPSA) is 12.0 Å². The molecule has 0 amide bonds. The van der Waals surface area contributed by atoms with E-state index in [1.54, 1.807) is 17.4 Å². The van der Waals surface area contributed by atoms with Crippen LogP contribution in [0.2, 0.25) is 0 Å². The van der Waals surface area contributed by atoms with Crippen molar-refractivity contribution in [1.29, 1.82) is 0 Å². The molecule has 0 spiro atoms. The molecule has 0 unspecified atom stereocenters. The molecule has 19 heavy (non-hydrogen) atoms. The number of aryl methyl sites for hydroxylation is 1. The fraction of sp³-hybridized carbons (Fsp3) is 0.231. The molecule has 0 bridgehead atoms. The highest BCUT2D eigenvalue weighted by Crippen LogP contribution is 2.36. The van der Waals surface area contributed by atoms with E-state index < -0.39 is 11.7 Å². The number of alkyl halides is 3. The third-order valence-electron chi connectivity index (χ3n) is 2.54. The summed E-state index contributed by atoms with van der Waals surface area (Å²) in [7, 11) is 0. The summed E-state index contributed by atoms with van der Waals surface area (Å²) in [4.78, 5) is 2.15. The van der Waals surface area contributed by atoms with Gasteiger partial charge in [-0.3, -0.25) is 0 Å². The summed E-state index contributed by atoms with van der Waals surface area (Å²) in [6.45, 7) is 2.36. The van der Waals surface area contributed by atoms with Crippen molar-refractivity contribution >= 4 is 33.0 Å². The Morgan fingerprint density at radius 1 is 1.21 bits per heavy atom. The van der Waals surface area contributed by atoms with E-state index in [4.69, 9.17) is 0 Å². The van der Waals surface area contributed by atoms with Crippen molar-refractivity contribution in [2.45, 2.75) is 19.6 Å². The molecule has 0 fully saturated rings. The molecule has 0 aliphatic carbocycles. The Kier molecular flexibility index (Phi) is 4.20. The molecule has 1 nitrogen and oxygen atoms in total. The summed E-state index contributed by atoms with van der Waals surface area (Å²) in [6.07, 6.45) is -4.36. The second kappa shape index (κ2) is 5.54. The third-order valence-corrected chi connectivity index (χ3v) is 4.03. The zero-order valence-electron chi connectivity index (χ0n) is 10.0. The van der Waals surface area contributed by atoms with Crippen LogP contribution in [-0.2, 0) is 12.7 Å². The number of hydrogen-bond acceptors (Lipinski definition) is 2. The smallest absolute Gasteiger partial charge is 0.380 e. The third kappa shape index (κ3) is 3.73. The quantitative estimate of drug-likeness (QED) is 0.776. The highest BCUT2D eigenvalue weighted by atomic mass is 79.9. The van der Waals surface area contributed by atoms with Gasteiger partial charge < -0.3 is 5.32 Å². The van der Waals surface area contributed by atoms with Crippen LogP contribution < -0.4 is 5.32 Å². The summed E-state index contributed by atoms with van der Waals surface area (Å²) in [5.41, 5.74) is -0.558. The summed E-state index contributed by atoms with van der Waals surface area (Å²) in [5, 5.41) is 2.85. The van der Waals surface area contributed by atoms with Crippen LogP contribution in [0.3, 0.4) is 0 Å². The number of anilines is 1. The van der Waals surface area contributed by atoms with Crippen molar-refractivity contribution in [3.63, 3.8) is 0 Å². The molecule has 0 aliphatic rings. The first kappa shape index (κ1) is 14.4. The van der Waals surface area contributed by atoms with Crippen molar-refractivity contribution in [3.8, 4) is 0 Å². The van der Waals surface area contributed by atoms with Gasteiger partial charge in [0.25, 0.3) is 0 Å². The van der Waals surface area contributed by atoms with Crippen LogP contribution in [0.5, 0.6) is 0 Å². The number of benzene rings is 1. The van der Waals surface area contributed by atoms with Crippen LogP contribution in [0.4, 0.5) is 18.9 Å². The van der Waals surface area contributed by atoms with E-state index in [9.17, 15) is 13.2 Å². The van der Waals surface area contributed by atoms with Crippen molar-refractivity contribution in [1.82, 2.24) is 0 Å². The minimum absolute atomic E-state index is 0.0988. The van der Waals surface area contributed by atoms with Gasteiger partial charge in [0.1, 0.15) is 0 Å². The summed E-state index contributed by atoms with van der Waals surface area (Å²) in [5.74, 6) is 0. The number of halogens is 4. The molecular formula is C13H11BrF3NS. The van der Waals surface area contributed by atoms with Crippen LogP contribution in [0.25, 0.3) is 0 Å². The fourth-order valence-corrected chi connectivity index (χ4v) is 2.86. The van der Waals surface area contributed by atoms with Crippen molar-refractivity contribution in [3.05, 3.63) is 50.1 Å². The van der Waals surface area contributed by atoms with E-state index >= 15 is 0 Å². The lowest BCUT2D eigenvalue weighted by Gasteiger charge is -2.14. The Labute approximate surface area is 121 Å². The molecule has 1 aromatic heterocycles. The fourth-order valence-electron chi connectivity index (χ4n) is 1.67. The number of hydrogen-bond donors (Lipinski definition) is 1. The highest BCUT2D eigenvalue weighted by Gasteiger charge is 2.33. The van der Waals surface area contributed by atoms with Gasteiger partial charge in [0.2, 0.25) is 0 Å². The van der Waals surface area contributed by atoms with Gasteiger partial charge in [0.15, 0.2) is 0 Å². The second-order valence-corrected chi connectivity index (χ2v) is 6.34. The van der Waals surface area contributed by atoms with Gasteiger partial charge in [0, 0.05) is 26.5 Å². The van der Waals surface area contributed by atoms with Crippen LogP contribution >= 0.6 is 27.3 Å².